The molecule has 1 amide bonds. The van der Waals surface area contributed by atoms with Gasteiger partial charge < -0.3 is 19.9 Å². The van der Waals surface area contributed by atoms with Gasteiger partial charge in [-0.2, -0.15) is 0 Å². The fourth-order valence-electron chi connectivity index (χ4n) is 2.27. The molecule has 0 spiro atoms. The summed E-state index contributed by atoms with van der Waals surface area (Å²) in [7, 11) is 0. The van der Waals surface area contributed by atoms with Crippen LogP contribution < -0.4 is 5.32 Å². The lowest BCUT2D eigenvalue weighted by Gasteiger charge is -2.17. The number of hydrogen-bond acceptors (Lipinski definition) is 5. The maximum atomic E-state index is 12.0. The van der Waals surface area contributed by atoms with Crippen LogP contribution in [-0.4, -0.2) is 49.5 Å². The fraction of sp³-hybridized carbons (Fsp3) is 0.867. The summed E-state index contributed by atoms with van der Waals surface area (Å²) in [5.74, 6) is -1.09. The SMILES string of the molecule is O=C(CO)OC1CCOCCCCCCCCCNC1=O. The minimum atomic E-state index is -0.880. The molecular weight excluding hydrogens is 274 g/mol. The number of aliphatic hydroxyl groups is 1. The van der Waals surface area contributed by atoms with Crippen molar-refractivity contribution in [2.75, 3.05) is 26.4 Å². The van der Waals surface area contributed by atoms with Crippen LogP contribution in [0.3, 0.4) is 0 Å². The Kier molecular flexibility index (Phi) is 9.82. The van der Waals surface area contributed by atoms with E-state index in [1.807, 2.05) is 0 Å². The molecule has 6 heteroatoms. The molecular formula is C15H27NO5. The van der Waals surface area contributed by atoms with Crippen molar-refractivity contribution in [2.45, 2.75) is 57.5 Å². The maximum absolute atomic E-state index is 12.0. The van der Waals surface area contributed by atoms with Crippen LogP contribution in [0.5, 0.6) is 0 Å². The van der Waals surface area contributed by atoms with E-state index >= 15 is 0 Å². The van der Waals surface area contributed by atoms with E-state index in [1.165, 1.54) is 25.7 Å². The molecule has 6 nitrogen and oxygen atoms in total. The average molecular weight is 301 g/mol. The molecule has 0 aromatic rings. The van der Waals surface area contributed by atoms with Gasteiger partial charge in [-0.15, -0.1) is 0 Å². The minimum absolute atomic E-state index is 0.310. The van der Waals surface area contributed by atoms with Crippen molar-refractivity contribution in [2.24, 2.45) is 0 Å². The van der Waals surface area contributed by atoms with Gasteiger partial charge in [0, 0.05) is 19.6 Å². The number of ether oxygens (including phenoxy) is 2. The topological polar surface area (TPSA) is 84.9 Å². The number of carbonyl (C=O) groups is 2. The first-order chi connectivity index (χ1) is 10.2. The number of amides is 1. The standard InChI is InChI=1S/C15H27NO5/c17-12-14(18)21-13-8-11-20-10-7-5-3-1-2-4-6-9-16-15(13)19/h13,17H,1-12H2,(H,16,19). The molecule has 1 unspecified atom stereocenters. The van der Waals surface area contributed by atoms with Gasteiger partial charge in [-0.1, -0.05) is 32.1 Å². The van der Waals surface area contributed by atoms with Crippen molar-refractivity contribution in [3.05, 3.63) is 0 Å². The van der Waals surface area contributed by atoms with Gasteiger partial charge in [-0.3, -0.25) is 4.79 Å². The number of nitrogens with one attached hydrogen (secondary N) is 1. The molecule has 1 fully saturated rings. The fourth-order valence-corrected chi connectivity index (χ4v) is 2.27. The summed E-state index contributed by atoms with van der Waals surface area (Å²) in [4.78, 5) is 23.1. The van der Waals surface area contributed by atoms with Crippen LogP contribution in [0.15, 0.2) is 0 Å². The molecule has 1 saturated heterocycles. The first-order valence-corrected chi connectivity index (χ1v) is 7.90. The quantitative estimate of drug-likeness (QED) is 0.748. The van der Waals surface area contributed by atoms with E-state index in [0.717, 1.165) is 19.3 Å². The van der Waals surface area contributed by atoms with E-state index in [-0.39, 0.29) is 5.91 Å². The molecule has 0 aromatic heterocycles. The summed E-state index contributed by atoms with van der Waals surface area (Å²) in [5, 5.41) is 11.5. The molecule has 122 valence electrons. The van der Waals surface area contributed by atoms with Crippen molar-refractivity contribution in [3.63, 3.8) is 0 Å². The van der Waals surface area contributed by atoms with E-state index < -0.39 is 18.7 Å². The van der Waals surface area contributed by atoms with Gasteiger partial charge >= 0.3 is 5.97 Å². The summed E-state index contributed by atoms with van der Waals surface area (Å²) < 4.78 is 10.4. The van der Waals surface area contributed by atoms with Crippen molar-refractivity contribution in [1.82, 2.24) is 5.32 Å². The van der Waals surface area contributed by atoms with Crippen molar-refractivity contribution in [1.29, 1.82) is 0 Å². The van der Waals surface area contributed by atoms with E-state index in [4.69, 9.17) is 14.6 Å². The molecule has 1 atom stereocenters. The van der Waals surface area contributed by atoms with Crippen LogP contribution in [-0.2, 0) is 19.1 Å². The van der Waals surface area contributed by atoms with E-state index in [9.17, 15) is 9.59 Å². The largest absolute Gasteiger partial charge is 0.450 e. The Bertz CT molecular complexity index is 308. The zero-order valence-electron chi connectivity index (χ0n) is 12.6. The molecule has 0 aliphatic carbocycles. The lowest BCUT2D eigenvalue weighted by Crippen LogP contribution is -2.39. The predicted molar refractivity (Wildman–Crippen MR) is 77.7 cm³/mol. The van der Waals surface area contributed by atoms with Crippen molar-refractivity contribution in [3.8, 4) is 0 Å². The van der Waals surface area contributed by atoms with Crippen LogP contribution in [0, 0.1) is 0 Å². The predicted octanol–water partition coefficient (Wildman–Crippen LogP) is 1.16. The first-order valence-electron chi connectivity index (χ1n) is 7.90. The summed E-state index contributed by atoms with van der Waals surface area (Å²) in [6.45, 7) is 0.913. The summed E-state index contributed by atoms with van der Waals surface area (Å²) in [6, 6.07) is 0. The third-order valence-corrected chi connectivity index (χ3v) is 3.48. The van der Waals surface area contributed by atoms with Crippen LogP contribution in [0.1, 0.15) is 51.4 Å². The van der Waals surface area contributed by atoms with Gasteiger partial charge in [0.15, 0.2) is 6.10 Å². The Balaban J connectivity index is 2.45. The summed E-state index contributed by atoms with van der Waals surface area (Å²) in [6.07, 6.45) is 7.29. The zero-order chi connectivity index (χ0) is 15.3. The van der Waals surface area contributed by atoms with Gasteiger partial charge in [-0.25, -0.2) is 4.79 Å². The van der Waals surface area contributed by atoms with Crippen molar-refractivity contribution >= 4 is 11.9 Å². The van der Waals surface area contributed by atoms with E-state index in [2.05, 4.69) is 5.32 Å². The maximum Gasteiger partial charge on any atom is 0.332 e. The number of rotatable bonds is 2. The molecule has 0 bridgehead atoms. The molecule has 0 aromatic carbocycles. The third kappa shape index (κ3) is 8.67. The minimum Gasteiger partial charge on any atom is -0.450 e. The normalized spacial score (nSPS) is 23.5. The third-order valence-electron chi connectivity index (χ3n) is 3.48. The lowest BCUT2D eigenvalue weighted by atomic mass is 10.1. The van der Waals surface area contributed by atoms with E-state index in [0.29, 0.717) is 26.2 Å². The van der Waals surface area contributed by atoms with Crippen LogP contribution in [0.25, 0.3) is 0 Å². The highest BCUT2D eigenvalue weighted by Gasteiger charge is 2.22. The average Bonchev–Trinajstić information content (AvgIpc) is 2.50. The molecule has 21 heavy (non-hydrogen) atoms. The highest BCUT2D eigenvalue weighted by Crippen LogP contribution is 2.08. The second-order valence-corrected chi connectivity index (χ2v) is 5.30. The molecule has 1 rings (SSSR count). The summed E-state index contributed by atoms with van der Waals surface area (Å²) >= 11 is 0. The Hall–Kier alpha value is -1.14. The Labute approximate surface area is 126 Å². The number of esters is 1. The monoisotopic (exact) mass is 301 g/mol. The molecule has 0 radical (unpaired) electrons. The number of hydrogen-bond donors (Lipinski definition) is 2. The molecule has 2 N–H and O–H groups in total. The van der Waals surface area contributed by atoms with Crippen molar-refractivity contribution < 1.29 is 24.2 Å². The Morgan fingerprint density at radius 2 is 1.81 bits per heavy atom. The van der Waals surface area contributed by atoms with E-state index in [1.54, 1.807) is 0 Å². The summed E-state index contributed by atoms with van der Waals surface area (Å²) in [5.41, 5.74) is 0. The van der Waals surface area contributed by atoms with Gasteiger partial charge in [0.25, 0.3) is 5.91 Å². The molecule has 1 heterocycles. The second kappa shape index (κ2) is 11.5. The zero-order valence-corrected chi connectivity index (χ0v) is 12.6. The number of aliphatic hydroxyl groups excluding tert-OH is 1. The van der Waals surface area contributed by atoms with Crippen LogP contribution >= 0.6 is 0 Å². The highest BCUT2D eigenvalue weighted by atomic mass is 16.6. The molecule has 1 aliphatic rings. The van der Waals surface area contributed by atoms with Crippen LogP contribution in [0.2, 0.25) is 0 Å². The Morgan fingerprint density at radius 1 is 1.14 bits per heavy atom. The van der Waals surface area contributed by atoms with Gasteiger partial charge in [0.05, 0.1) is 6.61 Å². The smallest absolute Gasteiger partial charge is 0.332 e. The number of carbonyl (C=O) groups excluding carboxylic acids is 2. The highest BCUT2D eigenvalue weighted by molar-refractivity contribution is 5.83. The van der Waals surface area contributed by atoms with Crippen LogP contribution in [0.4, 0.5) is 0 Å². The lowest BCUT2D eigenvalue weighted by molar-refractivity contribution is -0.159. The van der Waals surface area contributed by atoms with Gasteiger partial charge in [0.1, 0.15) is 6.61 Å². The first kappa shape index (κ1) is 17.9. The Morgan fingerprint density at radius 3 is 2.52 bits per heavy atom. The molecule has 1 aliphatic heterocycles. The molecule has 0 saturated carbocycles. The van der Waals surface area contributed by atoms with Gasteiger partial charge in [-0.05, 0) is 12.8 Å². The van der Waals surface area contributed by atoms with Gasteiger partial charge in [0.2, 0.25) is 0 Å². The second-order valence-electron chi connectivity index (χ2n) is 5.30.